The van der Waals surface area contributed by atoms with Crippen LogP contribution >= 0.6 is 0 Å². The van der Waals surface area contributed by atoms with Gasteiger partial charge in [-0.25, -0.2) is 0 Å². The van der Waals surface area contributed by atoms with Gasteiger partial charge in [0.15, 0.2) is 5.78 Å². The summed E-state index contributed by atoms with van der Waals surface area (Å²) in [5.74, 6) is -1.94. The van der Waals surface area contributed by atoms with E-state index >= 15 is 0 Å². The van der Waals surface area contributed by atoms with Crippen LogP contribution in [0.4, 0.5) is 0 Å². The fourth-order valence-electron chi connectivity index (χ4n) is 1.62. The van der Waals surface area contributed by atoms with Crippen LogP contribution in [0.5, 0.6) is 0 Å². The Kier molecular flexibility index (Phi) is 4.80. The molecular formula is C14H18N2O3. The fraction of sp³-hybridized carbons (Fsp3) is 0.357. The number of hydrogen-bond acceptors (Lipinski definition) is 3. The standard InChI is InChI=1S/C14H18N2O3/c1-8(13(15)18)7-12(17)11-5-3-10(4-6-11)9(2)14(16)19/h3-6,8-9H,7H2,1-2H3,(H2,15,18)(H2,16,19). The van der Waals surface area contributed by atoms with Crippen LogP contribution in [-0.4, -0.2) is 17.6 Å². The van der Waals surface area contributed by atoms with Gasteiger partial charge in [0.05, 0.1) is 5.92 Å². The monoisotopic (exact) mass is 262 g/mol. The predicted molar refractivity (Wildman–Crippen MR) is 71.4 cm³/mol. The molecule has 0 aliphatic rings. The van der Waals surface area contributed by atoms with E-state index in [9.17, 15) is 14.4 Å². The first-order valence-corrected chi connectivity index (χ1v) is 6.04. The Bertz CT molecular complexity index is 494. The molecular weight excluding hydrogens is 244 g/mol. The largest absolute Gasteiger partial charge is 0.369 e. The molecule has 0 heterocycles. The average molecular weight is 262 g/mol. The minimum Gasteiger partial charge on any atom is -0.369 e. The molecule has 2 atom stereocenters. The van der Waals surface area contributed by atoms with Gasteiger partial charge in [-0.1, -0.05) is 31.2 Å². The van der Waals surface area contributed by atoms with Crippen LogP contribution in [-0.2, 0) is 9.59 Å². The van der Waals surface area contributed by atoms with Crippen molar-refractivity contribution in [3.63, 3.8) is 0 Å². The van der Waals surface area contributed by atoms with Gasteiger partial charge in [-0.3, -0.25) is 14.4 Å². The van der Waals surface area contributed by atoms with E-state index in [2.05, 4.69) is 0 Å². The highest BCUT2D eigenvalue weighted by Crippen LogP contribution is 2.17. The van der Waals surface area contributed by atoms with Gasteiger partial charge in [0.25, 0.3) is 0 Å². The van der Waals surface area contributed by atoms with E-state index in [1.165, 1.54) is 0 Å². The maximum atomic E-state index is 11.9. The topological polar surface area (TPSA) is 103 Å². The van der Waals surface area contributed by atoms with Crippen LogP contribution in [0.25, 0.3) is 0 Å². The second kappa shape index (κ2) is 6.13. The first-order chi connectivity index (χ1) is 8.82. The van der Waals surface area contributed by atoms with Crippen molar-refractivity contribution in [2.24, 2.45) is 17.4 Å². The van der Waals surface area contributed by atoms with E-state index in [4.69, 9.17) is 11.5 Å². The predicted octanol–water partition coefficient (Wildman–Crippen LogP) is 0.970. The highest BCUT2D eigenvalue weighted by atomic mass is 16.2. The normalized spacial score (nSPS) is 13.6. The molecule has 0 radical (unpaired) electrons. The minimum absolute atomic E-state index is 0.0834. The number of primary amides is 2. The Morgan fingerprint density at radius 3 is 1.95 bits per heavy atom. The second-order valence-corrected chi connectivity index (χ2v) is 4.68. The van der Waals surface area contributed by atoms with Crippen molar-refractivity contribution in [2.75, 3.05) is 0 Å². The lowest BCUT2D eigenvalue weighted by Gasteiger charge is -2.09. The van der Waals surface area contributed by atoms with Gasteiger partial charge in [0.2, 0.25) is 11.8 Å². The Labute approximate surface area is 112 Å². The van der Waals surface area contributed by atoms with Crippen molar-refractivity contribution in [1.82, 2.24) is 0 Å². The van der Waals surface area contributed by atoms with E-state index in [1.54, 1.807) is 38.1 Å². The molecule has 19 heavy (non-hydrogen) atoms. The number of rotatable bonds is 6. The molecule has 0 aliphatic carbocycles. The fourth-order valence-corrected chi connectivity index (χ4v) is 1.62. The number of amides is 2. The SMILES string of the molecule is CC(CC(=O)c1ccc(C(C)C(N)=O)cc1)C(N)=O. The molecule has 2 amide bonds. The minimum atomic E-state index is -0.493. The highest BCUT2D eigenvalue weighted by molar-refractivity contribution is 5.98. The Morgan fingerprint density at radius 1 is 1.00 bits per heavy atom. The summed E-state index contributed by atoms with van der Waals surface area (Å²) in [6, 6.07) is 6.64. The number of Topliss-reactive ketones (excluding diaryl/α,β-unsaturated/α-hetero) is 1. The molecule has 2 unspecified atom stereocenters. The van der Waals surface area contributed by atoms with Crippen molar-refractivity contribution >= 4 is 17.6 Å². The van der Waals surface area contributed by atoms with Gasteiger partial charge in [-0.15, -0.1) is 0 Å². The maximum Gasteiger partial charge on any atom is 0.224 e. The number of nitrogens with two attached hydrogens (primary N) is 2. The highest BCUT2D eigenvalue weighted by Gasteiger charge is 2.16. The van der Waals surface area contributed by atoms with Gasteiger partial charge in [-0.05, 0) is 12.5 Å². The van der Waals surface area contributed by atoms with Crippen LogP contribution in [0.3, 0.4) is 0 Å². The maximum absolute atomic E-state index is 11.9. The third-order valence-corrected chi connectivity index (χ3v) is 3.14. The molecule has 0 fully saturated rings. The van der Waals surface area contributed by atoms with Crippen molar-refractivity contribution < 1.29 is 14.4 Å². The molecule has 5 nitrogen and oxygen atoms in total. The van der Waals surface area contributed by atoms with E-state index in [-0.39, 0.29) is 12.2 Å². The lowest BCUT2D eigenvalue weighted by Crippen LogP contribution is -2.23. The van der Waals surface area contributed by atoms with E-state index in [0.717, 1.165) is 5.56 Å². The number of benzene rings is 1. The summed E-state index contributed by atoms with van der Waals surface area (Å²) in [7, 11) is 0. The van der Waals surface area contributed by atoms with Gasteiger partial charge >= 0.3 is 0 Å². The zero-order valence-electron chi connectivity index (χ0n) is 11.1. The molecule has 0 saturated heterocycles. The summed E-state index contributed by atoms with van der Waals surface area (Å²) in [6.45, 7) is 3.32. The molecule has 5 heteroatoms. The van der Waals surface area contributed by atoms with Gasteiger partial charge in [-0.2, -0.15) is 0 Å². The summed E-state index contributed by atoms with van der Waals surface area (Å²) >= 11 is 0. The number of carbonyl (C=O) groups excluding carboxylic acids is 3. The first-order valence-electron chi connectivity index (χ1n) is 6.04. The third-order valence-electron chi connectivity index (χ3n) is 3.14. The summed E-state index contributed by atoms with van der Waals surface area (Å²) in [6.07, 6.45) is 0.0834. The first kappa shape index (κ1) is 14.9. The molecule has 4 N–H and O–H groups in total. The van der Waals surface area contributed by atoms with E-state index in [0.29, 0.717) is 5.56 Å². The average Bonchev–Trinajstić information content (AvgIpc) is 2.37. The summed E-state index contributed by atoms with van der Waals surface area (Å²) < 4.78 is 0. The Hall–Kier alpha value is -2.17. The van der Waals surface area contributed by atoms with Crippen molar-refractivity contribution in [3.05, 3.63) is 35.4 Å². The molecule has 0 bridgehead atoms. The molecule has 1 aromatic carbocycles. The van der Waals surface area contributed by atoms with E-state index in [1.807, 2.05) is 0 Å². The number of ketones is 1. The smallest absolute Gasteiger partial charge is 0.224 e. The summed E-state index contributed by atoms with van der Waals surface area (Å²) in [4.78, 5) is 33.8. The van der Waals surface area contributed by atoms with E-state index < -0.39 is 23.7 Å². The van der Waals surface area contributed by atoms with Gasteiger partial charge in [0.1, 0.15) is 0 Å². The quantitative estimate of drug-likeness (QED) is 0.746. The Balaban J connectivity index is 2.79. The molecule has 0 aromatic heterocycles. The van der Waals surface area contributed by atoms with Crippen LogP contribution in [0.2, 0.25) is 0 Å². The molecule has 102 valence electrons. The van der Waals surface area contributed by atoms with Crippen LogP contribution in [0.15, 0.2) is 24.3 Å². The Morgan fingerprint density at radius 2 is 1.53 bits per heavy atom. The zero-order chi connectivity index (χ0) is 14.6. The van der Waals surface area contributed by atoms with Gasteiger partial charge < -0.3 is 11.5 Å². The van der Waals surface area contributed by atoms with Gasteiger partial charge in [0, 0.05) is 17.9 Å². The second-order valence-electron chi connectivity index (χ2n) is 4.68. The third kappa shape index (κ3) is 3.91. The molecule has 1 aromatic rings. The lowest BCUT2D eigenvalue weighted by molar-refractivity contribution is -0.121. The van der Waals surface area contributed by atoms with Crippen molar-refractivity contribution in [1.29, 1.82) is 0 Å². The molecule has 1 rings (SSSR count). The zero-order valence-corrected chi connectivity index (χ0v) is 11.1. The number of carbonyl (C=O) groups is 3. The van der Waals surface area contributed by atoms with Crippen molar-refractivity contribution in [3.8, 4) is 0 Å². The lowest BCUT2D eigenvalue weighted by atomic mass is 9.95. The van der Waals surface area contributed by atoms with Crippen LogP contribution in [0.1, 0.15) is 42.1 Å². The number of hydrogen-bond donors (Lipinski definition) is 2. The molecule has 0 aliphatic heterocycles. The molecule has 0 saturated carbocycles. The van der Waals surface area contributed by atoms with Crippen molar-refractivity contribution in [2.45, 2.75) is 26.2 Å². The molecule has 0 spiro atoms. The van der Waals surface area contributed by atoms with Crippen LogP contribution < -0.4 is 11.5 Å². The summed E-state index contributed by atoms with van der Waals surface area (Å²) in [5, 5.41) is 0. The summed E-state index contributed by atoms with van der Waals surface area (Å²) in [5.41, 5.74) is 11.6. The van der Waals surface area contributed by atoms with Crippen LogP contribution in [0, 0.1) is 5.92 Å².